The number of carbonyl (C=O) groups is 2. The van der Waals surface area contributed by atoms with Crippen LogP contribution < -0.4 is 15.5 Å². The molecule has 0 spiro atoms. The number of para-hydroxylation sites is 2. The number of hydrogen-bond acceptors (Lipinski definition) is 3. The van der Waals surface area contributed by atoms with Gasteiger partial charge in [-0.3, -0.25) is 14.5 Å². The van der Waals surface area contributed by atoms with E-state index in [4.69, 9.17) is 0 Å². The second kappa shape index (κ2) is 7.82. The van der Waals surface area contributed by atoms with Gasteiger partial charge in [0.2, 0.25) is 5.91 Å². The first kappa shape index (κ1) is 19.0. The predicted octanol–water partition coefficient (Wildman–Crippen LogP) is 4.21. The van der Waals surface area contributed by atoms with Gasteiger partial charge in [-0.2, -0.15) is 0 Å². The summed E-state index contributed by atoms with van der Waals surface area (Å²) < 4.78 is 0. The molecule has 0 atom stereocenters. The van der Waals surface area contributed by atoms with Crippen LogP contribution in [0.25, 0.3) is 0 Å². The number of anilines is 3. The Morgan fingerprint density at radius 2 is 1.81 bits per heavy atom. The van der Waals surface area contributed by atoms with E-state index in [1.807, 2.05) is 62.4 Å². The number of nitrogens with zero attached hydrogens (tertiary/aromatic N) is 1. The highest BCUT2D eigenvalue weighted by molar-refractivity contribution is 6.11. The summed E-state index contributed by atoms with van der Waals surface area (Å²) in [5.74, 6) is -0.330. The van der Waals surface area contributed by atoms with Crippen LogP contribution in [0.2, 0.25) is 0 Å². The lowest BCUT2D eigenvalue weighted by atomic mass is 9.98. The summed E-state index contributed by atoms with van der Waals surface area (Å²) in [5, 5.41) is 6.14. The molecule has 0 aromatic heterocycles. The smallest absolute Gasteiger partial charge is 0.252 e. The lowest BCUT2D eigenvalue weighted by Crippen LogP contribution is -2.55. The highest BCUT2D eigenvalue weighted by Crippen LogP contribution is 2.34. The molecule has 0 saturated heterocycles. The highest BCUT2D eigenvalue weighted by Gasteiger charge is 2.39. The molecule has 5 nitrogen and oxygen atoms in total. The summed E-state index contributed by atoms with van der Waals surface area (Å²) in [7, 11) is 0. The first-order chi connectivity index (χ1) is 12.9. The van der Waals surface area contributed by atoms with Gasteiger partial charge in [0.05, 0.1) is 11.4 Å². The third-order valence-electron chi connectivity index (χ3n) is 4.78. The second-order valence-electron chi connectivity index (χ2n) is 7.51. The molecule has 0 saturated carbocycles. The van der Waals surface area contributed by atoms with Gasteiger partial charge in [-0.15, -0.1) is 0 Å². The molecule has 1 aliphatic heterocycles. The molecule has 2 N–H and O–H groups in total. The van der Waals surface area contributed by atoms with Gasteiger partial charge in [0.15, 0.2) is 0 Å². The van der Waals surface area contributed by atoms with E-state index in [1.165, 1.54) is 5.56 Å². The average Bonchev–Trinajstić information content (AvgIpc) is 2.64. The molecule has 2 aromatic carbocycles. The van der Waals surface area contributed by atoms with Gasteiger partial charge in [0, 0.05) is 5.69 Å². The first-order valence-corrected chi connectivity index (χ1v) is 9.48. The zero-order valence-electron chi connectivity index (χ0n) is 16.2. The minimum atomic E-state index is -0.754. The van der Waals surface area contributed by atoms with Crippen LogP contribution in [0.4, 0.5) is 17.1 Å². The van der Waals surface area contributed by atoms with Crippen LogP contribution >= 0.6 is 0 Å². The maximum Gasteiger partial charge on any atom is 0.252 e. The normalized spacial score (nSPS) is 15.1. The Hall–Kier alpha value is -2.82. The number of rotatable bonds is 6. The Bertz CT molecular complexity index is 828. The Kier molecular flexibility index (Phi) is 5.49. The summed E-state index contributed by atoms with van der Waals surface area (Å²) in [6.07, 6.45) is 3.37. The molecule has 5 heteroatoms. The van der Waals surface area contributed by atoms with Crippen LogP contribution in [0.5, 0.6) is 0 Å². The quantitative estimate of drug-likeness (QED) is 0.806. The van der Waals surface area contributed by atoms with E-state index in [-0.39, 0.29) is 18.4 Å². The minimum absolute atomic E-state index is 0.0153. The SMILES string of the molecule is CCCCc1ccc(NC(=O)CN2C(=O)C(C)(C)Nc3ccccc32)cc1. The third-order valence-corrected chi connectivity index (χ3v) is 4.78. The molecule has 142 valence electrons. The van der Waals surface area contributed by atoms with Crippen molar-refractivity contribution < 1.29 is 9.59 Å². The van der Waals surface area contributed by atoms with E-state index in [0.29, 0.717) is 0 Å². The third kappa shape index (κ3) is 4.30. The summed E-state index contributed by atoms with van der Waals surface area (Å²) in [6, 6.07) is 15.5. The second-order valence-corrected chi connectivity index (χ2v) is 7.51. The Morgan fingerprint density at radius 3 is 2.52 bits per heavy atom. The van der Waals surface area contributed by atoms with E-state index >= 15 is 0 Å². The number of carbonyl (C=O) groups excluding carboxylic acids is 2. The van der Waals surface area contributed by atoms with Crippen molar-refractivity contribution in [2.45, 2.75) is 45.6 Å². The minimum Gasteiger partial charge on any atom is -0.370 e. The average molecular weight is 365 g/mol. The van der Waals surface area contributed by atoms with Crippen molar-refractivity contribution in [1.82, 2.24) is 0 Å². The van der Waals surface area contributed by atoms with Crippen LogP contribution in [0.3, 0.4) is 0 Å². The monoisotopic (exact) mass is 365 g/mol. The van der Waals surface area contributed by atoms with E-state index in [2.05, 4.69) is 17.6 Å². The van der Waals surface area contributed by atoms with Gasteiger partial charge in [-0.05, 0) is 56.5 Å². The zero-order valence-corrected chi connectivity index (χ0v) is 16.2. The molecular formula is C22H27N3O2. The van der Waals surface area contributed by atoms with Crippen molar-refractivity contribution in [2.75, 3.05) is 22.1 Å². The summed E-state index contributed by atoms with van der Waals surface area (Å²) in [5.41, 5.74) is 2.84. The number of fused-ring (bicyclic) bond motifs is 1. The van der Waals surface area contributed by atoms with Crippen molar-refractivity contribution in [3.8, 4) is 0 Å². The number of amides is 2. The van der Waals surface area contributed by atoms with Crippen LogP contribution in [-0.2, 0) is 16.0 Å². The molecule has 0 aliphatic carbocycles. The molecule has 0 fully saturated rings. The fourth-order valence-electron chi connectivity index (χ4n) is 3.29. The molecule has 0 unspecified atom stereocenters. The van der Waals surface area contributed by atoms with Crippen LogP contribution in [0, 0.1) is 0 Å². The molecule has 27 heavy (non-hydrogen) atoms. The van der Waals surface area contributed by atoms with Crippen molar-refractivity contribution in [2.24, 2.45) is 0 Å². The lowest BCUT2D eigenvalue weighted by Gasteiger charge is -2.39. The van der Waals surface area contributed by atoms with E-state index in [9.17, 15) is 9.59 Å². The summed E-state index contributed by atoms with van der Waals surface area (Å²) >= 11 is 0. The summed E-state index contributed by atoms with van der Waals surface area (Å²) in [4.78, 5) is 27.0. The van der Waals surface area contributed by atoms with E-state index < -0.39 is 5.54 Å². The molecule has 0 bridgehead atoms. The first-order valence-electron chi connectivity index (χ1n) is 9.48. The Balaban J connectivity index is 1.70. The summed E-state index contributed by atoms with van der Waals surface area (Å²) in [6.45, 7) is 5.81. The topological polar surface area (TPSA) is 61.4 Å². The van der Waals surface area contributed by atoms with Gasteiger partial charge in [-0.1, -0.05) is 37.6 Å². The van der Waals surface area contributed by atoms with Gasteiger partial charge in [0.1, 0.15) is 12.1 Å². The maximum absolute atomic E-state index is 12.8. The zero-order chi connectivity index (χ0) is 19.4. The number of hydrogen-bond donors (Lipinski definition) is 2. The van der Waals surface area contributed by atoms with Crippen LogP contribution in [-0.4, -0.2) is 23.9 Å². The molecular weight excluding hydrogens is 338 g/mol. The molecule has 1 heterocycles. The Labute approximate surface area is 160 Å². The Morgan fingerprint density at radius 1 is 1.11 bits per heavy atom. The van der Waals surface area contributed by atoms with Crippen molar-refractivity contribution in [3.05, 3.63) is 54.1 Å². The molecule has 2 aromatic rings. The lowest BCUT2D eigenvalue weighted by molar-refractivity contribution is -0.124. The van der Waals surface area contributed by atoms with Crippen LogP contribution in [0.1, 0.15) is 39.2 Å². The molecule has 0 radical (unpaired) electrons. The molecule has 3 rings (SSSR count). The largest absolute Gasteiger partial charge is 0.370 e. The van der Waals surface area contributed by atoms with Crippen molar-refractivity contribution in [3.63, 3.8) is 0 Å². The number of aryl methyl sites for hydroxylation is 1. The standard InChI is InChI=1S/C22H27N3O2/c1-4-5-8-16-11-13-17(14-12-16)23-20(26)15-25-19-10-7-6-9-18(19)24-22(2,3)21(25)27/h6-7,9-14,24H,4-5,8,15H2,1-3H3,(H,23,26). The number of nitrogens with one attached hydrogen (secondary N) is 2. The molecule has 2 amide bonds. The number of unbranched alkanes of at least 4 members (excludes halogenated alkanes) is 1. The van der Waals surface area contributed by atoms with Gasteiger partial charge in [0.25, 0.3) is 5.91 Å². The van der Waals surface area contributed by atoms with Crippen LogP contribution in [0.15, 0.2) is 48.5 Å². The maximum atomic E-state index is 12.8. The fourth-order valence-corrected chi connectivity index (χ4v) is 3.29. The predicted molar refractivity (Wildman–Crippen MR) is 110 cm³/mol. The van der Waals surface area contributed by atoms with Crippen molar-refractivity contribution >= 4 is 28.9 Å². The van der Waals surface area contributed by atoms with Gasteiger partial charge < -0.3 is 10.6 Å². The molecule has 1 aliphatic rings. The fraction of sp³-hybridized carbons (Fsp3) is 0.364. The van der Waals surface area contributed by atoms with E-state index in [0.717, 1.165) is 36.3 Å². The van der Waals surface area contributed by atoms with Gasteiger partial charge >= 0.3 is 0 Å². The van der Waals surface area contributed by atoms with Crippen molar-refractivity contribution in [1.29, 1.82) is 0 Å². The van der Waals surface area contributed by atoms with Gasteiger partial charge in [-0.25, -0.2) is 0 Å². The van der Waals surface area contributed by atoms with E-state index in [1.54, 1.807) is 4.90 Å². The number of benzene rings is 2. The highest BCUT2D eigenvalue weighted by atomic mass is 16.2.